The number of fused-ring (bicyclic) bond motifs is 1. The van der Waals surface area contributed by atoms with E-state index in [1.807, 2.05) is 44.2 Å². The minimum absolute atomic E-state index is 0.144. The maximum absolute atomic E-state index is 14.0. The van der Waals surface area contributed by atoms with E-state index in [2.05, 4.69) is 57.4 Å². The normalized spacial score (nSPS) is 16.1. The largest absolute Gasteiger partial charge is 0.381 e. The maximum atomic E-state index is 14.0. The van der Waals surface area contributed by atoms with Crippen molar-refractivity contribution in [3.8, 4) is 11.1 Å². The highest BCUT2D eigenvalue weighted by Crippen LogP contribution is 2.34. The van der Waals surface area contributed by atoms with Crippen LogP contribution in [0, 0.1) is 6.92 Å². The Bertz CT molecular complexity index is 1720. The van der Waals surface area contributed by atoms with Gasteiger partial charge in [0.2, 0.25) is 0 Å². The molecule has 1 aromatic heterocycles. The van der Waals surface area contributed by atoms with Gasteiger partial charge in [-0.1, -0.05) is 55.5 Å². The summed E-state index contributed by atoms with van der Waals surface area (Å²) in [6, 6.07) is 21.2. The standard InChI is InChI=1S/C38H46N4O4/c1-4-35-32-9-7-6-8-31(32)34(38(44)40-35)24-39-37(43)33-22-29(23-36(26(33)3)42(5-2)30-14-18-45-19-15-30)28-12-10-27(11-13-28)25-41-16-20-46-21-17-41/h6-13,22-23,30H,4-5,14-21,24-25H2,1-3H3,(H,39,43)(H,40,44). The van der Waals surface area contributed by atoms with Crippen molar-refractivity contribution in [3.63, 3.8) is 0 Å². The quantitative estimate of drug-likeness (QED) is 0.231. The van der Waals surface area contributed by atoms with Gasteiger partial charge in [-0.2, -0.15) is 0 Å². The summed E-state index contributed by atoms with van der Waals surface area (Å²) in [6.45, 7) is 13.1. The fourth-order valence-electron chi connectivity index (χ4n) is 6.97. The maximum Gasteiger partial charge on any atom is 0.253 e. The van der Waals surface area contributed by atoms with Crippen LogP contribution in [0.5, 0.6) is 0 Å². The lowest BCUT2D eigenvalue weighted by atomic mass is 9.94. The average molecular weight is 623 g/mol. The molecule has 2 fully saturated rings. The lowest BCUT2D eigenvalue weighted by Crippen LogP contribution is -2.40. The second-order valence-corrected chi connectivity index (χ2v) is 12.4. The zero-order chi connectivity index (χ0) is 32.0. The van der Waals surface area contributed by atoms with Crippen LogP contribution in [0.3, 0.4) is 0 Å². The van der Waals surface area contributed by atoms with Gasteiger partial charge in [0.15, 0.2) is 0 Å². The highest BCUT2D eigenvalue weighted by atomic mass is 16.5. The van der Waals surface area contributed by atoms with Crippen LogP contribution in [0.1, 0.15) is 59.4 Å². The van der Waals surface area contributed by atoms with Crippen molar-refractivity contribution in [2.75, 3.05) is 51.0 Å². The number of nitrogens with zero attached hydrogens (tertiary/aromatic N) is 2. The van der Waals surface area contributed by atoms with Crippen molar-refractivity contribution >= 4 is 22.4 Å². The number of morpholine rings is 1. The Balaban J connectivity index is 1.33. The zero-order valence-electron chi connectivity index (χ0n) is 27.4. The molecule has 6 rings (SSSR count). The Morgan fingerprint density at radius 3 is 2.33 bits per heavy atom. The van der Waals surface area contributed by atoms with Gasteiger partial charge in [-0.05, 0) is 72.9 Å². The van der Waals surface area contributed by atoms with Gasteiger partial charge in [0.05, 0.1) is 13.2 Å². The molecule has 0 spiro atoms. The summed E-state index contributed by atoms with van der Waals surface area (Å²) in [5, 5.41) is 5.00. The molecule has 0 bridgehead atoms. The molecular formula is C38H46N4O4. The minimum atomic E-state index is -0.185. The molecule has 1 amide bonds. The number of aryl methyl sites for hydroxylation is 1. The van der Waals surface area contributed by atoms with Crippen LogP contribution in [-0.2, 0) is 29.0 Å². The van der Waals surface area contributed by atoms with E-state index < -0.39 is 0 Å². The lowest BCUT2D eigenvalue weighted by Gasteiger charge is -2.37. The van der Waals surface area contributed by atoms with Crippen molar-refractivity contribution in [1.29, 1.82) is 0 Å². The van der Waals surface area contributed by atoms with Crippen molar-refractivity contribution in [1.82, 2.24) is 15.2 Å². The number of hydrogen-bond donors (Lipinski definition) is 2. The van der Waals surface area contributed by atoms with E-state index in [1.165, 1.54) is 5.56 Å². The van der Waals surface area contributed by atoms with Gasteiger partial charge in [0, 0.05) is 79.9 Å². The van der Waals surface area contributed by atoms with Crippen molar-refractivity contribution in [3.05, 3.63) is 99.0 Å². The predicted octanol–water partition coefficient (Wildman–Crippen LogP) is 5.83. The molecule has 2 aliphatic heterocycles. The van der Waals surface area contributed by atoms with Crippen LogP contribution >= 0.6 is 0 Å². The van der Waals surface area contributed by atoms with E-state index in [4.69, 9.17) is 9.47 Å². The summed E-state index contributed by atoms with van der Waals surface area (Å²) in [7, 11) is 0. The zero-order valence-corrected chi connectivity index (χ0v) is 27.4. The second-order valence-electron chi connectivity index (χ2n) is 12.4. The molecule has 0 atom stereocenters. The Hall–Kier alpha value is -3.98. The first-order chi connectivity index (χ1) is 22.5. The van der Waals surface area contributed by atoms with Gasteiger partial charge in [-0.15, -0.1) is 0 Å². The third-order valence-electron chi connectivity index (χ3n) is 9.60. The Labute approximate surface area is 271 Å². The summed E-state index contributed by atoms with van der Waals surface area (Å²) >= 11 is 0. The first-order valence-electron chi connectivity index (χ1n) is 16.8. The van der Waals surface area contributed by atoms with Gasteiger partial charge in [-0.25, -0.2) is 0 Å². The third-order valence-corrected chi connectivity index (χ3v) is 9.60. The molecule has 0 saturated carbocycles. The number of hydrogen-bond acceptors (Lipinski definition) is 6. The van der Waals surface area contributed by atoms with Gasteiger partial charge in [-0.3, -0.25) is 14.5 Å². The third kappa shape index (κ3) is 6.89. The van der Waals surface area contributed by atoms with Crippen LogP contribution in [0.4, 0.5) is 5.69 Å². The molecule has 4 aromatic rings. The topological polar surface area (TPSA) is 86.9 Å². The number of anilines is 1. The summed E-state index contributed by atoms with van der Waals surface area (Å²) in [4.78, 5) is 35.1. The van der Waals surface area contributed by atoms with Gasteiger partial charge in [0.1, 0.15) is 0 Å². The number of carbonyl (C=O) groups excluding carboxylic acids is 1. The molecule has 242 valence electrons. The average Bonchev–Trinajstić information content (AvgIpc) is 3.09. The number of amides is 1. The molecule has 2 aliphatic rings. The van der Waals surface area contributed by atoms with Crippen LogP contribution in [0.25, 0.3) is 21.9 Å². The molecule has 8 heteroatoms. The van der Waals surface area contributed by atoms with Crippen LogP contribution in [0.15, 0.2) is 65.5 Å². The highest BCUT2D eigenvalue weighted by molar-refractivity contribution is 5.99. The monoisotopic (exact) mass is 622 g/mol. The molecule has 0 aliphatic carbocycles. The summed E-state index contributed by atoms with van der Waals surface area (Å²) in [5.41, 5.74) is 7.31. The Morgan fingerprint density at radius 2 is 1.63 bits per heavy atom. The molecule has 2 saturated heterocycles. The number of benzene rings is 3. The molecule has 3 aromatic carbocycles. The summed E-state index contributed by atoms with van der Waals surface area (Å²) in [6.07, 6.45) is 2.64. The van der Waals surface area contributed by atoms with Gasteiger partial charge in [0.25, 0.3) is 11.5 Å². The number of aromatic nitrogens is 1. The fraction of sp³-hybridized carbons (Fsp3) is 0.421. The summed E-state index contributed by atoms with van der Waals surface area (Å²) in [5.74, 6) is -0.185. The van der Waals surface area contributed by atoms with Gasteiger partial charge >= 0.3 is 0 Å². The first kappa shape index (κ1) is 32.0. The summed E-state index contributed by atoms with van der Waals surface area (Å²) < 4.78 is 11.2. The number of H-pyrrole nitrogens is 1. The number of nitrogens with one attached hydrogen (secondary N) is 2. The second kappa shape index (κ2) is 14.6. The van der Waals surface area contributed by atoms with E-state index in [-0.39, 0.29) is 18.0 Å². The SMILES string of the molecule is CCc1[nH]c(=O)c(CNC(=O)c2cc(-c3ccc(CN4CCOCC4)cc3)cc(N(CC)C3CCOCC3)c2C)c2ccccc12. The lowest BCUT2D eigenvalue weighted by molar-refractivity contribution is 0.0342. The van der Waals surface area contributed by atoms with Gasteiger partial charge < -0.3 is 24.7 Å². The fourth-order valence-corrected chi connectivity index (χ4v) is 6.97. The molecule has 2 N–H and O–H groups in total. The van der Waals surface area contributed by atoms with Crippen LogP contribution in [-0.4, -0.2) is 67.9 Å². The van der Waals surface area contributed by atoms with Crippen molar-refractivity contribution < 1.29 is 14.3 Å². The smallest absolute Gasteiger partial charge is 0.253 e. The first-order valence-corrected chi connectivity index (χ1v) is 16.8. The Morgan fingerprint density at radius 1 is 0.935 bits per heavy atom. The number of rotatable bonds is 10. The Kier molecular flexibility index (Phi) is 10.2. The molecule has 8 nitrogen and oxygen atoms in total. The molecule has 0 radical (unpaired) electrons. The number of pyridine rings is 1. The van der Waals surface area contributed by atoms with E-state index >= 15 is 0 Å². The number of carbonyl (C=O) groups is 1. The van der Waals surface area contributed by atoms with E-state index in [1.54, 1.807) is 0 Å². The van der Waals surface area contributed by atoms with Crippen LogP contribution < -0.4 is 15.8 Å². The van der Waals surface area contributed by atoms with Crippen molar-refractivity contribution in [2.45, 2.75) is 59.2 Å². The molecule has 0 unspecified atom stereocenters. The molecule has 46 heavy (non-hydrogen) atoms. The minimum Gasteiger partial charge on any atom is -0.381 e. The molecule has 3 heterocycles. The van der Waals surface area contributed by atoms with E-state index in [0.717, 1.165) is 111 Å². The van der Waals surface area contributed by atoms with Crippen LogP contribution in [0.2, 0.25) is 0 Å². The predicted molar refractivity (Wildman–Crippen MR) is 185 cm³/mol. The number of ether oxygens (including phenoxy) is 2. The van der Waals surface area contributed by atoms with E-state index in [9.17, 15) is 9.59 Å². The highest BCUT2D eigenvalue weighted by Gasteiger charge is 2.25. The van der Waals surface area contributed by atoms with Crippen molar-refractivity contribution in [2.24, 2.45) is 0 Å². The molecular weight excluding hydrogens is 576 g/mol. The number of aromatic amines is 1. The van der Waals surface area contributed by atoms with E-state index in [0.29, 0.717) is 17.2 Å².